The fourth-order valence-corrected chi connectivity index (χ4v) is 4.09. The van der Waals surface area contributed by atoms with Crippen molar-refractivity contribution in [1.29, 1.82) is 0 Å². The third-order valence-corrected chi connectivity index (χ3v) is 5.55. The van der Waals surface area contributed by atoms with E-state index in [0.29, 0.717) is 11.5 Å². The van der Waals surface area contributed by atoms with E-state index in [1.165, 1.54) is 16.7 Å². The van der Waals surface area contributed by atoms with E-state index in [9.17, 15) is 12.6 Å². The van der Waals surface area contributed by atoms with Crippen molar-refractivity contribution in [2.45, 2.75) is 4.90 Å². The van der Waals surface area contributed by atoms with Gasteiger partial charge in [-0.3, -0.25) is 4.21 Å². The van der Waals surface area contributed by atoms with Crippen LogP contribution >= 0.6 is 0 Å². The normalized spacial score (nSPS) is 19.3. The van der Waals surface area contributed by atoms with Gasteiger partial charge in [0, 0.05) is 35.4 Å². The minimum absolute atomic E-state index is 0.0133. The summed E-state index contributed by atoms with van der Waals surface area (Å²) in [6.07, 6.45) is 2.37. The molecule has 9 heteroatoms. The molecule has 1 aliphatic rings. The van der Waals surface area contributed by atoms with Gasteiger partial charge in [0.1, 0.15) is 4.90 Å². The lowest BCUT2D eigenvalue weighted by atomic mass is 10.6. The van der Waals surface area contributed by atoms with Gasteiger partial charge in [-0.2, -0.15) is 4.31 Å². The first-order chi connectivity index (χ1) is 8.00. The van der Waals surface area contributed by atoms with Crippen LogP contribution in [0.15, 0.2) is 17.3 Å². The van der Waals surface area contributed by atoms with E-state index in [0.717, 1.165) is 0 Å². The Morgan fingerprint density at radius 2 is 1.76 bits per heavy atom. The van der Waals surface area contributed by atoms with Crippen molar-refractivity contribution < 1.29 is 12.6 Å². The zero-order valence-corrected chi connectivity index (χ0v) is 10.6. The lowest BCUT2D eigenvalue weighted by Gasteiger charge is -2.25. The molecule has 17 heavy (non-hydrogen) atoms. The number of aromatic nitrogens is 2. The van der Waals surface area contributed by atoms with Crippen LogP contribution in [0.3, 0.4) is 0 Å². The molecule has 94 valence electrons. The zero-order chi connectivity index (χ0) is 12.5. The highest BCUT2D eigenvalue weighted by atomic mass is 32.2. The van der Waals surface area contributed by atoms with Crippen LogP contribution in [0.1, 0.15) is 0 Å². The molecule has 1 fully saturated rings. The Labute approximate surface area is 102 Å². The van der Waals surface area contributed by atoms with Gasteiger partial charge < -0.3 is 5.73 Å². The van der Waals surface area contributed by atoms with Gasteiger partial charge in [0.2, 0.25) is 16.0 Å². The Balaban J connectivity index is 2.24. The van der Waals surface area contributed by atoms with Gasteiger partial charge in [-0.15, -0.1) is 0 Å². The van der Waals surface area contributed by atoms with Crippen molar-refractivity contribution in [3.8, 4) is 0 Å². The Morgan fingerprint density at radius 3 is 2.29 bits per heavy atom. The molecule has 0 atom stereocenters. The first-order valence-corrected chi connectivity index (χ1v) is 7.85. The van der Waals surface area contributed by atoms with Crippen LogP contribution in [-0.2, 0) is 20.8 Å². The quantitative estimate of drug-likeness (QED) is 0.728. The molecule has 2 heterocycles. The van der Waals surface area contributed by atoms with Crippen molar-refractivity contribution in [2.24, 2.45) is 0 Å². The molecule has 0 saturated carbocycles. The van der Waals surface area contributed by atoms with Crippen molar-refractivity contribution in [2.75, 3.05) is 30.3 Å². The van der Waals surface area contributed by atoms with Gasteiger partial charge in [-0.05, 0) is 0 Å². The second-order valence-electron chi connectivity index (χ2n) is 3.53. The maximum Gasteiger partial charge on any atom is 0.246 e. The Morgan fingerprint density at radius 1 is 1.24 bits per heavy atom. The molecule has 0 amide bonds. The van der Waals surface area contributed by atoms with E-state index in [1.807, 2.05) is 0 Å². The molecule has 0 aromatic carbocycles. The maximum atomic E-state index is 12.1. The van der Waals surface area contributed by atoms with E-state index in [2.05, 4.69) is 9.97 Å². The molecule has 1 aromatic rings. The summed E-state index contributed by atoms with van der Waals surface area (Å²) in [5.74, 6) is 0.771. The average molecular weight is 276 g/mol. The van der Waals surface area contributed by atoms with Gasteiger partial charge in [0.15, 0.2) is 0 Å². The first kappa shape index (κ1) is 12.4. The highest BCUT2D eigenvalue weighted by molar-refractivity contribution is 7.89. The largest absolute Gasteiger partial charge is 0.368 e. The summed E-state index contributed by atoms with van der Waals surface area (Å²) in [5.41, 5.74) is 5.30. The fraction of sp³-hybridized carbons (Fsp3) is 0.500. The van der Waals surface area contributed by atoms with Crippen LogP contribution in [0.5, 0.6) is 0 Å². The number of nitrogen functional groups attached to an aromatic ring is 1. The molecule has 0 bridgehead atoms. The van der Waals surface area contributed by atoms with Crippen LogP contribution < -0.4 is 5.73 Å². The molecule has 0 spiro atoms. The molecule has 0 unspecified atom stereocenters. The van der Waals surface area contributed by atoms with Gasteiger partial charge in [-0.1, -0.05) is 0 Å². The molecule has 7 nitrogen and oxygen atoms in total. The summed E-state index contributed by atoms with van der Waals surface area (Å²) in [6, 6.07) is 0. The predicted molar refractivity (Wildman–Crippen MR) is 63.1 cm³/mol. The van der Waals surface area contributed by atoms with Crippen LogP contribution in [0.2, 0.25) is 0 Å². The third kappa shape index (κ3) is 2.61. The van der Waals surface area contributed by atoms with E-state index in [-0.39, 0.29) is 23.9 Å². The summed E-state index contributed by atoms with van der Waals surface area (Å²) >= 11 is 0. The van der Waals surface area contributed by atoms with Crippen molar-refractivity contribution >= 4 is 26.8 Å². The number of hydrogen-bond acceptors (Lipinski definition) is 6. The van der Waals surface area contributed by atoms with Gasteiger partial charge in [0.05, 0.1) is 12.4 Å². The van der Waals surface area contributed by atoms with Crippen molar-refractivity contribution in [1.82, 2.24) is 14.3 Å². The number of nitrogens with zero attached hydrogens (tertiary/aromatic N) is 3. The molecule has 0 aliphatic carbocycles. The summed E-state index contributed by atoms with van der Waals surface area (Å²) in [5, 5.41) is 0. The number of anilines is 1. The number of hydrogen-bond donors (Lipinski definition) is 1. The molecular formula is C8H12N4O3S2. The van der Waals surface area contributed by atoms with Crippen LogP contribution in [0, 0.1) is 0 Å². The molecular weight excluding hydrogens is 264 g/mol. The summed E-state index contributed by atoms with van der Waals surface area (Å²) < 4.78 is 36.7. The number of sulfonamides is 1. The van der Waals surface area contributed by atoms with Crippen molar-refractivity contribution in [3.05, 3.63) is 12.4 Å². The minimum atomic E-state index is -3.58. The molecule has 1 saturated heterocycles. The Hall–Kier alpha value is -1.06. The predicted octanol–water partition coefficient (Wildman–Crippen LogP) is -1.19. The van der Waals surface area contributed by atoms with E-state index < -0.39 is 20.8 Å². The maximum absolute atomic E-state index is 12.1. The fourth-order valence-electron chi connectivity index (χ4n) is 1.47. The SMILES string of the molecule is Nc1ncc(S(=O)(=O)N2CCS(=O)CC2)cn1. The highest BCUT2D eigenvalue weighted by Crippen LogP contribution is 2.16. The summed E-state index contributed by atoms with van der Waals surface area (Å²) in [6.45, 7) is 0.526. The second kappa shape index (κ2) is 4.67. The summed E-state index contributed by atoms with van der Waals surface area (Å²) in [7, 11) is -4.50. The standard InChI is InChI=1S/C8H12N4O3S2/c9-8-10-5-7(6-11-8)17(14,15)12-1-3-16(13)4-2-12/h5-6H,1-4H2,(H2,9,10,11). The van der Waals surface area contributed by atoms with Gasteiger partial charge >= 0.3 is 0 Å². The number of nitrogens with two attached hydrogens (primary N) is 1. The minimum Gasteiger partial charge on any atom is -0.368 e. The molecule has 2 N–H and O–H groups in total. The van der Waals surface area contributed by atoms with Crippen LogP contribution in [0.4, 0.5) is 5.95 Å². The monoisotopic (exact) mass is 276 g/mol. The van der Waals surface area contributed by atoms with Crippen LogP contribution in [-0.4, -0.2) is 51.5 Å². The first-order valence-electron chi connectivity index (χ1n) is 4.93. The van der Waals surface area contributed by atoms with Gasteiger partial charge in [-0.25, -0.2) is 18.4 Å². The highest BCUT2D eigenvalue weighted by Gasteiger charge is 2.28. The average Bonchev–Trinajstić information content (AvgIpc) is 2.30. The smallest absolute Gasteiger partial charge is 0.246 e. The van der Waals surface area contributed by atoms with E-state index in [4.69, 9.17) is 5.73 Å². The molecule has 1 aromatic heterocycles. The lowest BCUT2D eigenvalue weighted by Crippen LogP contribution is -2.41. The lowest BCUT2D eigenvalue weighted by molar-refractivity contribution is 0.438. The van der Waals surface area contributed by atoms with Crippen LogP contribution in [0.25, 0.3) is 0 Å². The number of rotatable bonds is 2. The van der Waals surface area contributed by atoms with Gasteiger partial charge in [0.25, 0.3) is 0 Å². The Kier molecular flexibility index (Phi) is 3.40. The van der Waals surface area contributed by atoms with E-state index in [1.54, 1.807) is 0 Å². The topological polar surface area (TPSA) is 106 Å². The summed E-state index contributed by atoms with van der Waals surface area (Å²) in [4.78, 5) is 7.33. The van der Waals surface area contributed by atoms with E-state index >= 15 is 0 Å². The molecule has 2 rings (SSSR count). The second-order valence-corrected chi connectivity index (χ2v) is 7.16. The molecule has 0 radical (unpaired) electrons. The van der Waals surface area contributed by atoms with Crippen molar-refractivity contribution in [3.63, 3.8) is 0 Å². The molecule has 1 aliphatic heterocycles. The zero-order valence-electron chi connectivity index (χ0n) is 8.94. The third-order valence-electron chi connectivity index (χ3n) is 2.42. The Bertz CT molecular complexity index is 518.